The highest BCUT2D eigenvalue weighted by Gasteiger charge is 2.43. The smallest absolute Gasteiger partial charge is 0.305 e. The van der Waals surface area contributed by atoms with Crippen molar-refractivity contribution in [3.8, 4) is 0 Å². The molecule has 2 aliphatic rings. The highest BCUT2D eigenvalue weighted by molar-refractivity contribution is 5.69. The van der Waals surface area contributed by atoms with E-state index in [1.54, 1.807) is 0 Å². The predicted octanol–water partition coefficient (Wildman–Crippen LogP) is 4.91. The molecule has 0 bridgehead atoms. The summed E-state index contributed by atoms with van der Waals surface area (Å²) in [4.78, 5) is 11.4. The number of rotatable bonds is 16. The van der Waals surface area contributed by atoms with Crippen LogP contribution in [0.15, 0.2) is 12.2 Å². The van der Waals surface area contributed by atoms with Gasteiger partial charge in [0.25, 0.3) is 0 Å². The van der Waals surface area contributed by atoms with Crippen molar-refractivity contribution in [3.05, 3.63) is 12.2 Å². The molecule has 1 heterocycles. The number of esters is 1. The second kappa shape index (κ2) is 15.0. The Balaban J connectivity index is 1.79. The number of carbonyl (C=O) groups is 1. The molecule has 1 aliphatic carbocycles. The van der Waals surface area contributed by atoms with E-state index >= 15 is 0 Å². The normalized spacial score (nSPS) is 27.4. The van der Waals surface area contributed by atoms with Gasteiger partial charge in [0.2, 0.25) is 0 Å². The Bertz CT molecular complexity index is 542. The largest absolute Gasteiger partial charge is 0.466 e. The fraction of sp³-hybridized carbons (Fsp3) is 0.885. The standard InChI is InChI=1S/C26H46O6/c1-3-5-6-9-12-16-26(31-18-19-32-26)17-15-22-21(23(27)20-24(22)28)13-10-7-8-11-14-25(29)30-4-2/h7,10,21-24,27-28H,3-6,8-9,11-20H2,1-2H3/b10-7-/t21-,22-,23+,24-/m1/s1. The minimum Gasteiger partial charge on any atom is -0.466 e. The first-order valence-electron chi connectivity index (χ1n) is 13.0. The second-order valence-corrected chi connectivity index (χ2v) is 9.41. The van der Waals surface area contributed by atoms with Gasteiger partial charge in [-0.15, -0.1) is 0 Å². The Morgan fingerprint density at radius 1 is 0.969 bits per heavy atom. The van der Waals surface area contributed by atoms with Gasteiger partial charge < -0.3 is 24.4 Å². The van der Waals surface area contributed by atoms with Crippen molar-refractivity contribution in [1.29, 1.82) is 0 Å². The summed E-state index contributed by atoms with van der Waals surface area (Å²) in [7, 11) is 0. The molecule has 0 amide bonds. The SMILES string of the molecule is CCCCCCCC1(CC[C@@H]2[C@@H](C/C=C\CCCC(=O)OCC)[C@@H](O)C[C@H]2O)OCCO1. The molecule has 0 unspecified atom stereocenters. The van der Waals surface area contributed by atoms with Gasteiger partial charge in [-0.05, 0) is 57.3 Å². The zero-order valence-electron chi connectivity index (χ0n) is 20.3. The molecule has 186 valence electrons. The zero-order valence-corrected chi connectivity index (χ0v) is 20.3. The van der Waals surface area contributed by atoms with E-state index in [4.69, 9.17) is 14.2 Å². The summed E-state index contributed by atoms with van der Waals surface area (Å²) in [6.07, 6.45) is 15.0. The summed E-state index contributed by atoms with van der Waals surface area (Å²) >= 11 is 0. The van der Waals surface area contributed by atoms with Crippen molar-refractivity contribution in [1.82, 2.24) is 0 Å². The Morgan fingerprint density at radius 2 is 1.69 bits per heavy atom. The lowest BCUT2D eigenvalue weighted by atomic mass is 9.85. The van der Waals surface area contributed by atoms with Crippen LogP contribution >= 0.6 is 0 Å². The number of allylic oxidation sites excluding steroid dienone is 2. The minimum absolute atomic E-state index is 0.0503. The number of unbranched alkanes of at least 4 members (excludes halogenated alkanes) is 5. The van der Waals surface area contributed by atoms with E-state index in [9.17, 15) is 15.0 Å². The number of aliphatic hydroxyl groups excluding tert-OH is 2. The van der Waals surface area contributed by atoms with Crippen molar-refractivity contribution in [2.45, 2.75) is 115 Å². The topological polar surface area (TPSA) is 85.2 Å². The molecule has 1 aliphatic heterocycles. The maximum absolute atomic E-state index is 11.4. The van der Waals surface area contributed by atoms with Crippen LogP contribution in [0.4, 0.5) is 0 Å². The van der Waals surface area contributed by atoms with Gasteiger partial charge in [-0.25, -0.2) is 0 Å². The van der Waals surface area contributed by atoms with Crippen molar-refractivity contribution in [2.75, 3.05) is 19.8 Å². The Morgan fingerprint density at radius 3 is 2.41 bits per heavy atom. The molecule has 32 heavy (non-hydrogen) atoms. The van der Waals surface area contributed by atoms with E-state index in [0.29, 0.717) is 32.7 Å². The molecule has 4 atom stereocenters. The molecule has 2 rings (SSSR count). The molecule has 0 aromatic carbocycles. The van der Waals surface area contributed by atoms with Gasteiger partial charge in [-0.2, -0.15) is 0 Å². The summed E-state index contributed by atoms with van der Waals surface area (Å²) in [6, 6.07) is 0. The molecular weight excluding hydrogens is 408 g/mol. The Hall–Kier alpha value is -0.950. The molecular formula is C26H46O6. The predicted molar refractivity (Wildman–Crippen MR) is 125 cm³/mol. The number of ether oxygens (including phenoxy) is 3. The molecule has 0 radical (unpaired) electrons. The van der Waals surface area contributed by atoms with Crippen LogP contribution in [-0.2, 0) is 19.0 Å². The molecule has 0 spiro atoms. The highest BCUT2D eigenvalue weighted by atomic mass is 16.7. The van der Waals surface area contributed by atoms with E-state index in [1.165, 1.54) is 25.7 Å². The van der Waals surface area contributed by atoms with Gasteiger partial charge in [0.05, 0.1) is 32.0 Å². The van der Waals surface area contributed by atoms with Gasteiger partial charge in [0.15, 0.2) is 5.79 Å². The molecule has 2 fully saturated rings. The molecule has 0 aromatic rings. The molecule has 6 nitrogen and oxygen atoms in total. The third kappa shape index (κ3) is 9.12. The number of aliphatic hydroxyl groups is 2. The molecule has 2 N–H and O–H groups in total. The summed E-state index contributed by atoms with van der Waals surface area (Å²) in [6.45, 7) is 5.75. The Kier molecular flexibility index (Phi) is 12.8. The lowest BCUT2D eigenvalue weighted by Crippen LogP contribution is -2.33. The monoisotopic (exact) mass is 454 g/mol. The van der Waals surface area contributed by atoms with Gasteiger partial charge >= 0.3 is 5.97 Å². The maximum Gasteiger partial charge on any atom is 0.305 e. The van der Waals surface area contributed by atoms with Crippen molar-refractivity contribution >= 4 is 5.97 Å². The van der Waals surface area contributed by atoms with Crippen LogP contribution in [0.2, 0.25) is 0 Å². The van der Waals surface area contributed by atoms with Crippen LogP contribution in [0.25, 0.3) is 0 Å². The van der Waals surface area contributed by atoms with Crippen molar-refractivity contribution in [2.24, 2.45) is 11.8 Å². The minimum atomic E-state index is -0.507. The average molecular weight is 455 g/mol. The fourth-order valence-corrected chi connectivity index (χ4v) is 5.17. The van der Waals surface area contributed by atoms with E-state index in [0.717, 1.165) is 44.9 Å². The summed E-state index contributed by atoms with van der Waals surface area (Å²) in [5, 5.41) is 21.1. The summed E-state index contributed by atoms with van der Waals surface area (Å²) in [5.74, 6) is -0.549. The van der Waals surface area contributed by atoms with E-state index in [-0.39, 0.29) is 17.8 Å². The fourth-order valence-electron chi connectivity index (χ4n) is 5.17. The molecule has 1 saturated heterocycles. The zero-order chi connectivity index (χ0) is 23.2. The van der Waals surface area contributed by atoms with Gasteiger partial charge in [-0.1, -0.05) is 44.8 Å². The van der Waals surface area contributed by atoms with Crippen LogP contribution in [0, 0.1) is 11.8 Å². The second-order valence-electron chi connectivity index (χ2n) is 9.41. The van der Waals surface area contributed by atoms with E-state index in [1.807, 2.05) is 6.92 Å². The van der Waals surface area contributed by atoms with Crippen LogP contribution in [-0.4, -0.2) is 54.0 Å². The lowest BCUT2D eigenvalue weighted by Gasteiger charge is -2.31. The van der Waals surface area contributed by atoms with Crippen LogP contribution in [0.5, 0.6) is 0 Å². The average Bonchev–Trinajstić information content (AvgIpc) is 3.33. The van der Waals surface area contributed by atoms with Gasteiger partial charge in [0.1, 0.15) is 0 Å². The van der Waals surface area contributed by atoms with Crippen molar-refractivity contribution < 1.29 is 29.2 Å². The maximum atomic E-state index is 11.4. The first kappa shape index (κ1) is 27.3. The van der Waals surface area contributed by atoms with Crippen LogP contribution in [0.3, 0.4) is 0 Å². The highest BCUT2D eigenvalue weighted by Crippen LogP contribution is 2.41. The third-order valence-corrected chi connectivity index (χ3v) is 6.99. The lowest BCUT2D eigenvalue weighted by molar-refractivity contribution is -0.171. The van der Waals surface area contributed by atoms with Gasteiger partial charge in [0, 0.05) is 19.3 Å². The van der Waals surface area contributed by atoms with E-state index < -0.39 is 18.0 Å². The molecule has 6 heteroatoms. The van der Waals surface area contributed by atoms with Crippen LogP contribution in [0.1, 0.15) is 97.3 Å². The van der Waals surface area contributed by atoms with Gasteiger partial charge in [-0.3, -0.25) is 4.79 Å². The van der Waals surface area contributed by atoms with Crippen molar-refractivity contribution in [3.63, 3.8) is 0 Å². The summed E-state index contributed by atoms with van der Waals surface area (Å²) in [5.41, 5.74) is 0. The number of carbonyl (C=O) groups excluding carboxylic acids is 1. The van der Waals surface area contributed by atoms with Crippen LogP contribution < -0.4 is 0 Å². The quantitative estimate of drug-likeness (QED) is 0.196. The summed E-state index contributed by atoms with van der Waals surface area (Å²) < 4.78 is 17.0. The van der Waals surface area contributed by atoms with E-state index in [2.05, 4.69) is 19.1 Å². The first-order chi connectivity index (χ1) is 15.5. The first-order valence-corrected chi connectivity index (χ1v) is 13.0. The number of hydrogen-bond acceptors (Lipinski definition) is 6. The molecule has 0 aromatic heterocycles. The molecule has 1 saturated carbocycles. The Labute approximate surface area is 194 Å². The number of hydrogen-bond donors (Lipinski definition) is 2. The third-order valence-electron chi connectivity index (χ3n) is 6.99.